The zero-order valence-electron chi connectivity index (χ0n) is 17.5. The van der Waals surface area contributed by atoms with Gasteiger partial charge in [-0.15, -0.1) is 0 Å². The standard InChI is InChI=1S/C20H37N5O2/c1-5-21-20(23-13-16-24(3)14-9-17-27-4)22-12-6-7-15-25-18(2)10-8-11-19(25)26/h8,10-11H,5-7,9,12-17H2,1-4H3,(H2,21,22,23). The van der Waals surface area contributed by atoms with Gasteiger partial charge in [0.2, 0.25) is 0 Å². The Bertz CT molecular complexity index is 600. The normalized spacial score (nSPS) is 11.8. The van der Waals surface area contributed by atoms with E-state index in [-0.39, 0.29) is 5.56 Å². The van der Waals surface area contributed by atoms with Gasteiger partial charge in [0.25, 0.3) is 5.56 Å². The van der Waals surface area contributed by atoms with Gasteiger partial charge in [-0.25, -0.2) is 0 Å². The molecule has 1 heterocycles. The first-order valence-electron chi connectivity index (χ1n) is 9.94. The molecule has 0 saturated heterocycles. The van der Waals surface area contributed by atoms with Crippen molar-refractivity contribution in [3.05, 3.63) is 34.2 Å². The molecule has 27 heavy (non-hydrogen) atoms. The van der Waals surface area contributed by atoms with E-state index < -0.39 is 0 Å². The smallest absolute Gasteiger partial charge is 0.250 e. The minimum atomic E-state index is 0.0723. The number of guanidine groups is 1. The van der Waals surface area contributed by atoms with Crippen molar-refractivity contribution < 1.29 is 4.74 Å². The zero-order valence-corrected chi connectivity index (χ0v) is 17.5. The third-order valence-corrected chi connectivity index (χ3v) is 4.35. The fraction of sp³-hybridized carbons (Fsp3) is 0.700. The number of aliphatic imine (C=N–C) groups is 1. The third-order valence-electron chi connectivity index (χ3n) is 4.35. The van der Waals surface area contributed by atoms with Gasteiger partial charge in [0.1, 0.15) is 0 Å². The van der Waals surface area contributed by atoms with E-state index in [2.05, 4.69) is 34.5 Å². The van der Waals surface area contributed by atoms with Crippen LogP contribution in [0, 0.1) is 6.92 Å². The number of pyridine rings is 1. The Morgan fingerprint density at radius 2 is 2.04 bits per heavy atom. The first kappa shape index (κ1) is 23.2. The molecular formula is C20H37N5O2. The molecule has 1 aromatic rings. The van der Waals surface area contributed by atoms with Crippen molar-refractivity contribution in [1.82, 2.24) is 20.1 Å². The molecular weight excluding hydrogens is 342 g/mol. The fourth-order valence-electron chi connectivity index (χ4n) is 2.78. The van der Waals surface area contributed by atoms with Crippen molar-refractivity contribution in [1.29, 1.82) is 0 Å². The Kier molecular flexibility index (Phi) is 12.2. The Balaban J connectivity index is 2.29. The second-order valence-electron chi connectivity index (χ2n) is 6.70. The molecule has 0 amide bonds. The average molecular weight is 380 g/mol. The number of nitrogens with one attached hydrogen (secondary N) is 2. The van der Waals surface area contributed by atoms with Crippen LogP contribution in [-0.4, -0.2) is 68.9 Å². The zero-order chi connectivity index (χ0) is 19.9. The highest BCUT2D eigenvalue weighted by Gasteiger charge is 2.01. The number of rotatable bonds is 13. The summed E-state index contributed by atoms with van der Waals surface area (Å²) < 4.78 is 6.91. The van der Waals surface area contributed by atoms with Crippen molar-refractivity contribution >= 4 is 5.96 Å². The first-order valence-corrected chi connectivity index (χ1v) is 9.94. The highest BCUT2D eigenvalue weighted by molar-refractivity contribution is 5.79. The van der Waals surface area contributed by atoms with E-state index >= 15 is 0 Å². The Morgan fingerprint density at radius 1 is 1.22 bits per heavy atom. The molecule has 1 aromatic heterocycles. The van der Waals surface area contributed by atoms with Crippen LogP contribution in [0.5, 0.6) is 0 Å². The summed E-state index contributed by atoms with van der Waals surface area (Å²) in [5, 5.41) is 6.66. The van der Waals surface area contributed by atoms with Crippen LogP contribution in [0.25, 0.3) is 0 Å². The molecule has 2 N–H and O–H groups in total. The van der Waals surface area contributed by atoms with Gasteiger partial charge in [-0.05, 0) is 46.2 Å². The number of aromatic nitrogens is 1. The molecule has 0 bridgehead atoms. The lowest BCUT2D eigenvalue weighted by atomic mass is 10.3. The lowest BCUT2D eigenvalue weighted by Crippen LogP contribution is -2.41. The summed E-state index contributed by atoms with van der Waals surface area (Å²) in [5.41, 5.74) is 1.08. The number of nitrogens with zero attached hydrogens (tertiary/aromatic N) is 3. The molecule has 0 aliphatic heterocycles. The molecule has 0 atom stereocenters. The molecule has 0 aliphatic carbocycles. The van der Waals surface area contributed by atoms with Crippen molar-refractivity contribution in [2.75, 3.05) is 53.5 Å². The van der Waals surface area contributed by atoms with E-state index in [9.17, 15) is 4.79 Å². The van der Waals surface area contributed by atoms with Crippen molar-refractivity contribution in [3.63, 3.8) is 0 Å². The summed E-state index contributed by atoms with van der Waals surface area (Å²) in [4.78, 5) is 18.8. The summed E-state index contributed by atoms with van der Waals surface area (Å²) in [6.07, 6.45) is 2.94. The second-order valence-corrected chi connectivity index (χ2v) is 6.70. The summed E-state index contributed by atoms with van der Waals surface area (Å²) in [7, 11) is 3.86. The number of hydrogen-bond acceptors (Lipinski definition) is 4. The van der Waals surface area contributed by atoms with Crippen LogP contribution in [-0.2, 0) is 11.3 Å². The van der Waals surface area contributed by atoms with Crippen LogP contribution in [0.3, 0.4) is 0 Å². The molecule has 0 fully saturated rings. The number of methoxy groups -OCH3 is 1. The Morgan fingerprint density at radius 3 is 2.74 bits per heavy atom. The van der Waals surface area contributed by atoms with Crippen LogP contribution < -0.4 is 16.2 Å². The molecule has 0 aliphatic rings. The van der Waals surface area contributed by atoms with Gasteiger partial charge >= 0.3 is 0 Å². The molecule has 0 spiro atoms. The molecule has 1 rings (SSSR count). The van der Waals surface area contributed by atoms with Crippen molar-refractivity contribution in [3.8, 4) is 0 Å². The predicted molar refractivity (Wildman–Crippen MR) is 113 cm³/mol. The maximum Gasteiger partial charge on any atom is 0.250 e. The summed E-state index contributed by atoms with van der Waals surface area (Å²) in [6.45, 7) is 10.0. The van der Waals surface area contributed by atoms with Gasteiger partial charge in [-0.1, -0.05) is 6.07 Å². The summed E-state index contributed by atoms with van der Waals surface area (Å²) in [6, 6.07) is 5.39. The quantitative estimate of drug-likeness (QED) is 0.308. The van der Waals surface area contributed by atoms with E-state index in [1.807, 2.05) is 23.6 Å². The first-order chi connectivity index (χ1) is 13.1. The van der Waals surface area contributed by atoms with Gasteiger partial charge < -0.3 is 24.8 Å². The van der Waals surface area contributed by atoms with Crippen molar-refractivity contribution in [2.24, 2.45) is 4.99 Å². The maximum absolute atomic E-state index is 11.9. The molecule has 7 nitrogen and oxygen atoms in total. The average Bonchev–Trinajstić information content (AvgIpc) is 2.63. The van der Waals surface area contributed by atoms with Crippen LogP contribution in [0.4, 0.5) is 0 Å². The third kappa shape index (κ3) is 10.2. The topological polar surface area (TPSA) is 70.9 Å². The highest BCUT2D eigenvalue weighted by atomic mass is 16.5. The molecule has 7 heteroatoms. The van der Waals surface area contributed by atoms with E-state index in [4.69, 9.17) is 4.74 Å². The number of hydrogen-bond donors (Lipinski definition) is 2. The molecule has 0 radical (unpaired) electrons. The van der Waals surface area contributed by atoms with Crippen molar-refractivity contribution in [2.45, 2.75) is 39.7 Å². The molecule has 154 valence electrons. The molecule has 0 unspecified atom stereocenters. The molecule has 0 saturated carbocycles. The summed E-state index contributed by atoms with van der Waals surface area (Å²) in [5.74, 6) is 0.857. The van der Waals surface area contributed by atoms with Gasteiger partial charge in [0.15, 0.2) is 5.96 Å². The largest absolute Gasteiger partial charge is 0.385 e. The second kappa shape index (κ2) is 14.2. The number of likely N-dealkylation sites (N-methyl/N-ethyl adjacent to an activating group) is 1. The van der Waals surface area contributed by atoms with E-state index in [0.717, 1.165) is 76.8 Å². The van der Waals surface area contributed by atoms with Crippen LogP contribution in [0.2, 0.25) is 0 Å². The Labute approximate surface area is 163 Å². The fourth-order valence-corrected chi connectivity index (χ4v) is 2.78. The minimum Gasteiger partial charge on any atom is -0.385 e. The monoisotopic (exact) mass is 379 g/mol. The predicted octanol–water partition coefficient (Wildman–Crippen LogP) is 1.46. The lowest BCUT2D eigenvalue weighted by molar-refractivity contribution is 0.180. The Hall–Kier alpha value is -1.86. The molecule has 0 aromatic carbocycles. The van der Waals surface area contributed by atoms with E-state index in [0.29, 0.717) is 0 Å². The van der Waals surface area contributed by atoms with E-state index in [1.54, 1.807) is 13.2 Å². The maximum atomic E-state index is 11.9. The highest BCUT2D eigenvalue weighted by Crippen LogP contribution is 1.98. The minimum absolute atomic E-state index is 0.0723. The SMILES string of the molecule is CCNC(=NCCCCn1c(C)cccc1=O)NCCN(C)CCCOC. The van der Waals surface area contributed by atoms with Gasteiger partial charge in [0, 0.05) is 64.7 Å². The van der Waals surface area contributed by atoms with Crippen LogP contribution in [0.1, 0.15) is 31.9 Å². The van der Waals surface area contributed by atoms with Crippen LogP contribution >= 0.6 is 0 Å². The van der Waals surface area contributed by atoms with Gasteiger partial charge in [-0.2, -0.15) is 0 Å². The number of ether oxygens (including phenoxy) is 1. The number of unbranched alkanes of at least 4 members (excludes halogenated alkanes) is 1. The van der Waals surface area contributed by atoms with Crippen LogP contribution in [0.15, 0.2) is 28.0 Å². The number of aryl methyl sites for hydroxylation is 1. The van der Waals surface area contributed by atoms with E-state index in [1.165, 1.54) is 0 Å². The summed E-state index contributed by atoms with van der Waals surface area (Å²) >= 11 is 0. The lowest BCUT2D eigenvalue weighted by Gasteiger charge is -2.18. The van der Waals surface area contributed by atoms with Gasteiger partial charge in [-0.3, -0.25) is 9.79 Å². The van der Waals surface area contributed by atoms with Gasteiger partial charge in [0.05, 0.1) is 0 Å².